The van der Waals surface area contributed by atoms with Gasteiger partial charge in [-0.1, -0.05) is 13.8 Å². The molecule has 1 saturated carbocycles. The molecule has 2 heterocycles. The second kappa shape index (κ2) is 4.76. The molecule has 21 heavy (non-hydrogen) atoms. The average molecular weight is 354 g/mol. The van der Waals surface area contributed by atoms with Crippen molar-refractivity contribution >= 4 is 27.5 Å². The Morgan fingerprint density at radius 1 is 1.52 bits per heavy atom. The highest BCUT2D eigenvalue weighted by molar-refractivity contribution is 9.10. The summed E-state index contributed by atoms with van der Waals surface area (Å²) >= 11 is 3.32. The van der Waals surface area contributed by atoms with Gasteiger partial charge in [-0.3, -0.25) is 4.79 Å². The van der Waals surface area contributed by atoms with Crippen molar-refractivity contribution in [1.82, 2.24) is 4.98 Å². The zero-order valence-corrected chi connectivity index (χ0v) is 14.0. The number of halogens is 1. The summed E-state index contributed by atoms with van der Waals surface area (Å²) in [4.78, 5) is 17.1. The average Bonchev–Trinajstić information content (AvgIpc) is 2.89. The van der Waals surface area contributed by atoms with Gasteiger partial charge in [0.15, 0.2) is 0 Å². The monoisotopic (exact) mass is 353 g/mol. The minimum Gasteiger partial charge on any atom is -0.377 e. The van der Waals surface area contributed by atoms with Crippen LogP contribution in [0.5, 0.6) is 0 Å². The Hall–Kier alpha value is -0.980. The lowest BCUT2D eigenvalue weighted by molar-refractivity contribution is -0.170. The molecule has 1 saturated heterocycles. The van der Waals surface area contributed by atoms with E-state index in [1.54, 1.807) is 6.07 Å². The first kappa shape index (κ1) is 14.9. The van der Waals surface area contributed by atoms with Crippen LogP contribution in [0, 0.1) is 18.3 Å². The number of aromatic nitrogens is 1. The van der Waals surface area contributed by atoms with E-state index in [1.165, 1.54) is 0 Å². The molecule has 3 rings (SSSR count). The number of hydrogen-bond acceptors (Lipinski definition) is 4. The second-order valence-corrected chi connectivity index (χ2v) is 7.31. The van der Waals surface area contributed by atoms with Gasteiger partial charge >= 0.3 is 0 Å². The summed E-state index contributed by atoms with van der Waals surface area (Å²) in [5.41, 5.74) is 6.72. The first-order valence-corrected chi connectivity index (χ1v) is 7.93. The van der Waals surface area contributed by atoms with Crippen LogP contribution in [0.15, 0.2) is 16.7 Å². The quantitative estimate of drug-likeness (QED) is 0.799. The molecular formula is C15H20BrN3O2. The normalized spacial score (nSPS) is 33.2. The van der Waals surface area contributed by atoms with Crippen molar-refractivity contribution in [2.24, 2.45) is 17.1 Å². The Morgan fingerprint density at radius 2 is 2.24 bits per heavy atom. The minimum atomic E-state index is -0.895. The van der Waals surface area contributed by atoms with E-state index in [4.69, 9.17) is 10.5 Å². The largest absolute Gasteiger partial charge is 0.377 e. The van der Waals surface area contributed by atoms with Crippen LogP contribution in [0.2, 0.25) is 0 Å². The molecule has 3 unspecified atom stereocenters. The summed E-state index contributed by atoms with van der Waals surface area (Å²) in [5, 5.41) is 2.95. The molecule has 1 aromatic rings. The fraction of sp³-hybridized carbons (Fsp3) is 0.600. The smallest absolute Gasteiger partial charge is 0.245 e. The molecule has 5 nitrogen and oxygen atoms in total. The van der Waals surface area contributed by atoms with Crippen molar-refractivity contribution in [2.45, 2.75) is 38.8 Å². The molecule has 0 spiro atoms. The standard InChI is InChI=1S/C15H20BrN3O2/c1-8-10(4-5-11(16)18-8)19-13(20)15(17)9-6-7-21-12(9)14(15,2)3/h4-5,9,12H,6-7,17H2,1-3H3,(H,19,20). The van der Waals surface area contributed by atoms with Crippen LogP contribution in [-0.2, 0) is 9.53 Å². The first-order chi connectivity index (χ1) is 9.78. The van der Waals surface area contributed by atoms with Gasteiger partial charge in [-0.2, -0.15) is 0 Å². The third kappa shape index (κ3) is 1.96. The minimum absolute atomic E-state index is 0.0809. The molecule has 0 aromatic carbocycles. The van der Waals surface area contributed by atoms with Gasteiger partial charge in [0.05, 0.1) is 17.5 Å². The number of anilines is 1. The van der Waals surface area contributed by atoms with Crippen LogP contribution in [0.3, 0.4) is 0 Å². The van der Waals surface area contributed by atoms with E-state index in [2.05, 4.69) is 26.2 Å². The molecule has 6 heteroatoms. The maximum atomic E-state index is 12.8. The number of nitrogens with one attached hydrogen (secondary N) is 1. The van der Waals surface area contributed by atoms with Crippen molar-refractivity contribution in [1.29, 1.82) is 0 Å². The van der Waals surface area contributed by atoms with Gasteiger partial charge in [-0.05, 0) is 41.4 Å². The van der Waals surface area contributed by atoms with Crippen LogP contribution in [0.25, 0.3) is 0 Å². The highest BCUT2D eigenvalue weighted by Crippen LogP contribution is 2.58. The van der Waals surface area contributed by atoms with Crippen LogP contribution < -0.4 is 11.1 Å². The van der Waals surface area contributed by atoms with Crippen LogP contribution in [-0.4, -0.2) is 29.1 Å². The number of nitrogens with zero attached hydrogens (tertiary/aromatic N) is 1. The molecule has 3 N–H and O–H groups in total. The molecule has 1 aromatic heterocycles. The third-order valence-corrected chi connectivity index (χ3v) is 5.57. The SMILES string of the molecule is Cc1nc(Br)ccc1NC(=O)C1(N)C2CCOC2C1(C)C. The maximum absolute atomic E-state index is 12.8. The van der Waals surface area contributed by atoms with Gasteiger partial charge in [0, 0.05) is 17.9 Å². The number of fused-ring (bicyclic) bond motifs is 1. The maximum Gasteiger partial charge on any atom is 0.245 e. The second-order valence-electron chi connectivity index (χ2n) is 6.50. The van der Waals surface area contributed by atoms with E-state index >= 15 is 0 Å². The van der Waals surface area contributed by atoms with Gasteiger partial charge in [-0.25, -0.2) is 4.98 Å². The molecule has 0 radical (unpaired) electrons. The number of rotatable bonds is 2. The molecular weight excluding hydrogens is 334 g/mol. The number of pyridine rings is 1. The highest BCUT2D eigenvalue weighted by atomic mass is 79.9. The zero-order chi connectivity index (χ0) is 15.4. The number of carbonyl (C=O) groups is 1. The van der Waals surface area contributed by atoms with Crippen molar-refractivity contribution in [3.63, 3.8) is 0 Å². The van der Waals surface area contributed by atoms with Gasteiger partial charge in [0.25, 0.3) is 0 Å². The number of amides is 1. The van der Waals surface area contributed by atoms with Gasteiger partial charge in [0.2, 0.25) is 5.91 Å². The summed E-state index contributed by atoms with van der Waals surface area (Å²) in [6, 6.07) is 3.64. The summed E-state index contributed by atoms with van der Waals surface area (Å²) in [5.74, 6) is -0.0531. The topological polar surface area (TPSA) is 77.2 Å². The van der Waals surface area contributed by atoms with Crippen molar-refractivity contribution in [3.8, 4) is 0 Å². The van der Waals surface area contributed by atoms with E-state index in [0.717, 1.165) is 16.7 Å². The van der Waals surface area contributed by atoms with Crippen LogP contribution in [0.1, 0.15) is 26.0 Å². The summed E-state index contributed by atoms with van der Waals surface area (Å²) in [6.45, 7) is 6.55. The Balaban J connectivity index is 1.85. The summed E-state index contributed by atoms with van der Waals surface area (Å²) in [7, 11) is 0. The van der Waals surface area contributed by atoms with Gasteiger partial charge < -0.3 is 15.8 Å². The molecule has 2 fully saturated rings. The molecule has 1 aliphatic carbocycles. The summed E-state index contributed by atoms with van der Waals surface area (Å²) < 4.78 is 6.47. The van der Waals surface area contributed by atoms with Crippen molar-refractivity contribution < 1.29 is 9.53 Å². The molecule has 2 aliphatic rings. The summed E-state index contributed by atoms with van der Waals surface area (Å²) in [6.07, 6.45) is 0.924. The predicted octanol–water partition coefficient (Wildman–Crippen LogP) is 2.23. The number of hydrogen-bond donors (Lipinski definition) is 2. The lowest BCUT2D eigenvalue weighted by atomic mass is 9.48. The Kier molecular flexibility index (Phi) is 3.39. The molecule has 114 valence electrons. The Morgan fingerprint density at radius 3 is 2.90 bits per heavy atom. The first-order valence-electron chi connectivity index (χ1n) is 7.13. The lowest BCUT2D eigenvalue weighted by Gasteiger charge is -2.60. The molecule has 3 atom stereocenters. The fourth-order valence-electron chi connectivity index (χ4n) is 3.73. The Labute approximate surface area is 132 Å². The van der Waals surface area contributed by atoms with E-state index in [-0.39, 0.29) is 23.3 Å². The van der Waals surface area contributed by atoms with Crippen molar-refractivity contribution in [2.75, 3.05) is 11.9 Å². The molecule has 1 amide bonds. The number of nitrogens with two attached hydrogens (primary N) is 1. The molecule has 0 bridgehead atoms. The van der Waals surface area contributed by atoms with Crippen molar-refractivity contribution in [3.05, 3.63) is 22.4 Å². The van der Waals surface area contributed by atoms with E-state index in [1.807, 2.05) is 26.8 Å². The lowest BCUT2D eigenvalue weighted by Crippen LogP contribution is -2.79. The van der Waals surface area contributed by atoms with E-state index < -0.39 is 5.54 Å². The number of carbonyl (C=O) groups excluding carboxylic acids is 1. The van der Waals surface area contributed by atoms with E-state index in [9.17, 15) is 4.79 Å². The number of aryl methyl sites for hydroxylation is 1. The zero-order valence-electron chi connectivity index (χ0n) is 12.4. The van der Waals surface area contributed by atoms with Gasteiger partial charge in [0.1, 0.15) is 10.1 Å². The highest BCUT2D eigenvalue weighted by Gasteiger charge is 2.71. The van der Waals surface area contributed by atoms with Crippen LogP contribution in [0.4, 0.5) is 5.69 Å². The van der Waals surface area contributed by atoms with Crippen LogP contribution >= 0.6 is 15.9 Å². The fourth-order valence-corrected chi connectivity index (χ4v) is 4.13. The Bertz CT molecular complexity index is 605. The number of ether oxygens (including phenoxy) is 1. The van der Waals surface area contributed by atoms with Gasteiger partial charge in [-0.15, -0.1) is 0 Å². The van der Waals surface area contributed by atoms with E-state index in [0.29, 0.717) is 12.3 Å². The molecule has 1 aliphatic heterocycles. The third-order valence-electron chi connectivity index (χ3n) is 5.13. The predicted molar refractivity (Wildman–Crippen MR) is 83.9 cm³/mol.